The van der Waals surface area contributed by atoms with E-state index in [1.54, 1.807) is 11.5 Å². The molecule has 1 N–H and O–H groups in total. The molecule has 0 saturated carbocycles. The molecular formula is C12H20ClN3O3S. The minimum Gasteiger partial charge on any atom is -0.352 e. The van der Waals surface area contributed by atoms with Gasteiger partial charge < -0.3 is 9.88 Å². The topological polar surface area (TPSA) is 81.1 Å². The summed E-state index contributed by atoms with van der Waals surface area (Å²) in [5.41, 5.74) is 0. The van der Waals surface area contributed by atoms with Crippen LogP contribution in [0.2, 0.25) is 0 Å². The fourth-order valence-corrected chi connectivity index (χ4v) is 2.48. The molecule has 114 valence electrons. The second-order valence-corrected chi connectivity index (χ2v) is 7.44. The fraction of sp³-hybridized carbons (Fsp3) is 0.667. The number of imidazole rings is 1. The van der Waals surface area contributed by atoms with Gasteiger partial charge in [0.1, 0.15) is 11.9 Å². The van der Waals surface area contributed by atoms with Gasteiger partial charge in [-0.05, 0) is 27.2 Å². The SMILES string of the molecule is CCCc1nc(S(=O)(=O)Cl)cn1C(C)C(=O)NC(C)C. The van der Waals surface area contributed by atoms with Crippen LogP contribution in [0.4, 0.5) is 0 Å². The molecule has 0 saturated heterocycles. The van der Waals surface area contributed by atoms with E-state index in [2.05, 4.69) is 10.3 Å². The van der Waals surface area contributed by atoms with Gasteiger partial charge in [-0.15, -0.1) is 0 Å². The maximum atomic E-state index is 12.0. The number of aromatic nitrogens is 2. The van der Waals surface area contributed by atoms with Crippen molar-refractivity contribution in [2.24, 2.45) is 0 Å². The van der Waals surface area contributed by atoms with E-state index in [1.165, 1.54) is 6.20 Å². The quantitative estimate of drug-likeness (QED) is 0.811. The van der Waals surface area contributed by atoms with Gasteiger partial charge in [0.2, 0.25) is 5.91 Å². The van der Waals surface area contributed by atoms with Crippen molar-refractivity contribution < 1.29 is 13.2 Å². The first-order valence-corrected chi connectivity index (χ1v) is 8.80. The summed E-state index contributed by atoms with van der Waals surface area (Å²) in [6, 6.07) is -0.530. The number of hydrogen-bond acceptors (Lipinski definition) is 4. The number of hydrogen-bond donors (Lipinski definition) is 1. The molecular weight excluding hydrogens is 302 g/mol. The number of carbonyl (C=O) groups excluding carboxylic acids is 1. The van der Waals surface area contributed by atoms with Gasteiger partial charge in [0.05, 0.1) is 0 Å². The van der Waals surface area contributed by atoms with Crippen molar-refractivity contribution in [1.82, 2.24) is 14.9 Å². The Morgan fingerprint density at radius 3 is 2.50 bits per heavy atom. The molecule has 0 spiro atoms. The molecule has 1 atom stereocenters. The van der Waals surface area contributed by atoms with E-state index in [4.69, 9.17) is 10.7 Å². The number of amides is 1. The Morgan fingerprint density at radius 2 is 2.05 bits per heavy atom. The van der Waals surface area contributed by atoms with Gasteiger partial charge in [0, 0.05) is 29.3 Å². The monoisotopic (exact) mass is 321 g/mol. The molecule has 0 aromatic carbocycles. The fourth-order valence-electron chi connectivity index (χ4n) is 1.80. The van der Waals surface area contributed by atoms with Crippen LogP contribution < -0.4 is 5.32 Å². The number of nitrogens with zero attached hydrogens (tertiary/aromatic N) is 2. The van der Waals surface area contributed by atoms with Crippen molar-refractivity contribution in [1.29, 1.82) is 0 Å². The largest absolute Gasteiger partial charge is 0.352 e. The molecule has 0 bridgehead atoms. The Balaban J connectivity index is 3.15. The number of nitrogens with one attached hydrogen (secondary N) is 1. The second kappa shape index (κ2) is 6.58. The molecule has 0 aliphatic rings. The summed E-state index contributed by atoms with van der Waals surface area (Å²) in [5.74, 6) is 0.353. The highest BCUT2D eigenvalue weighted by Crippen LogP contribution is 2.19. The third kappa shape index (κ3) is 4.21. The van der Waals surface area contributed by atoms with Crippen molar-refractivity contribution in [2.45, 2.75) is 57.6 Å². The first kappa shape index (κ1) is 17.0. The van der Waals surface area contributed by atoms with E-state index in [0.717, 1.165) is 6.42 Å². The van der Waals surface area contributed by atoms with E-state index in [9.17, 15) is 13.2 Å². The molecule has 1 aromatic heterocycles. The van der Waals surface area contributed by atoms with Crippen LogP contribution in [-0.2, 0) is 20.3 Å². The van der Waals surface area contributed by atoms with Crippen LogP contribution in [0.15, 0.2) is 11.2 Å². The Bertz CT molecular complexity index is 581. The van der Waals surface area contributed by atoms with Gasteiger partial charge in [-0.2, -0.15) is 0 Å². The molecule has 20 heavy (non-hydrogen) atoms. The van der Waals surface area contributed by atoms with Crippen LogP contribution in [0.1, 0.15) is 46.0 Å². The zero-order chi connectivity index (χ0) is 15.5. The summed E-state index contributed by atoms with van der Waals surface area (Å²) < 4.78 is 24.3. The summed E-state index contributed by atoms with van der Waals surface area (Å²) in [6.45, 7) is 7.37. The maximum Gasteiger partial charge on any atom is 0.280 e. The smallest absolute Gasteiger partial charge is 0.280 e. The average molecular weight is 322 g/mol. The minimum atomic E-state index is -3.90. The second-order valence-electron chi connectivity index (χ2n) is 4.93. The minimum absolute atomic E-state index is 0.0133. The van der Waals surface area contributed by atoms with Crippen LogP contribution in [0, 0.1) is 0 Å². The van der Waals surface area contributed by atoms with E-state index in [1.807, 2.05) is 20.8 Å². The Kier molecular flexibility index (Phi) is 5.59. The molecule has 1 aromatic rings. The van der Waals surface area contributed by atoms with Crippen molar-refractivity contribution in [3.05, 3.63) is 12.0 Å². The number of aryl methyl sites for hydroxylation is 1. The number of halogens is 1. The summed E-state index contributed by atoms with van der Waals surface area (Å²) in [6.07, 6.45) is 2.68. The highest BCUT2D eigenvalue weighted by molar-refractivity contribution is 8.13. The van der Waals surface area contributed by atoms with Crippen LogP contribution in [-0.4, -0.2) is 29.9 Å². The maximum absolute atomic E-state index is 12.0. The summed E-state index contributed by atoms with van der Waals surface area (Å²) in [5, 5.41) is 2.57. The van der Waals surface area contributed by atoms with E-state index in [-0.39, 0.29) is 17.0 Å². The predicted molar refractivity (Wildman–Crippen MR) is 77.3 cm³/mol. The van der Waals surface area contributed by atoms with Gasteiger partial charge in [0.15, 0.2) is 5.03 Å². The van der Waals surface area contributed by atoms with Crippen LogP contribution in [0.3, 0.4) is 0 Å². The molecule has 8 heteroatoms. The lowest BCUT2D eigenvalue weighted by Gasteiger charge is -2.17. The van der Waals surface area contributed by atoms with Crippen LogP contribution in [0.25, 0.3) is 0 Å². The average Bonchev–Trinajstić information content (AvgIpc) is 2.71. The summed E-state index contributed by atoms with van der Waals surface area (Å²) >= 11 is 0. The van der Waals surface area contributed by atoms with Gasteiger partial charge in [-0.1, -0.05) is 6.92 Å². The van der Waals surface area contributed by atoms with Crippen molar-refractivity contribution in [3.8, 4) is 0 Å². The Morgan fingerprint density at radius 1 is 1.45 bits per heavy atom. The standard InChI is InChI=1S/C12H20ClN3O3S/c1-5-6-10-15-11(20(13,18)19)7-16(10)9(4)12(17)14-8(2)3/h7-9H,5-6H2,1-4H3,(H,14,17). The Hall–Kier alpha value is -1.08. The van der Waals surface area contributed by atoms with Crippen molar-refractivity contribution in [2.75, 3.05) is 0 Å². The van der Waals surface area contributed by atoms with Crippen molar-refractivity contribution in [3.63, 3.8) is 0 Å². The van der Waals surface area contributed by atoms with Crippen LogP contribution >= 0.6 is 10.7 Å². The van der Waals surface area contributed by atoms with E-state index in [0.29, 0.717) is 12.2 Å². The normalized spacial score (nSPS) is 13.5. The lowest BCUT2D eigenvalue weighted by Crippen LogP contribution is -2.36. The van der Waals surface area contributed by atoms with E-state index >= 15 is 0 Å². The number of carbonyl (C=O) groups is 1. The highest BCUT2D eigenvalue weighted by atomic mass is 35.7. The lowest BCUT2D eigenvalue weighted by molar-refractivity contribution is -0.124. The predicted octanol–water partition coefficient (Wildman–Crippen LogP) is 1.85. The van der Waals surface area contributed by atoms with Gasteiger partial charge in [-0.25, -0.2) is 13.4 Å². The summed E-state index contributed by atoms with van der Waals surface area (Å²) in [4.78, 5) is 16.0. The van der Waals surface area contributed by atoms with Gasteiger partial charge in [0.25, 0.3) is 9.05 Å². The molecule has 0 radical (unpaired) electrons. The molecule has 0 aliphatic carbocycles. The molecule has 1 heterocycles. The molecule has 0 aliphatic heterocycles. The zero-order valence-corrected chi connectivity index (χ0v) is 13.6. The Labute approximate surface area is 123 Å². The first-order valence-electron chi connectivity index (χ1n) is 6.49. The molecule has 1 unspecified atom stereocenters. The van der Waals surface area contributed by atoms with Crippen molar-refractivity contribution >= 4 is 25.6 Å². The van der Waals surface area contributed by atoms with Gasteiger partial charge in [-0.3, -0.25) is 4.79 Å². The third-order valence-corrected chi connectivity index (χ3v) is 3.91. The van der Waals surface area contributed by atoms with E-state index < -0.39 is 15.1 Å². The molecule has 0 fully saturated rings. The number of rotatable bonds is 6. The van der Waals surface area contributed by atoms with Crippen LogP contribution in [0.5, 0.6) is 0 Å². The molecule has 1 amide bonds. The summed E-state index contributed by atoms with van der Waals surface area (Å²) in [7, 11) is 1.41. The third-order valence-electron chi connectivity index (χ3n) is 2.74. The lowest BCUT2D eigenvalue weighted by atomic mass is 10.2. The highest BCUT2D eigenvalue weighted by Gasteiger charge is 2.23. The zero-order valence-electron chi connectivity index (χ0n) is 12.1. The molecule has 6 nitrogen and oxygen atoms in total. The molecule has 1 rings (SSSR count). The van der Waals surface area contributed by atoms with Gasteiger partial charge >= 0.3 is 0 Å². The first-order chi connectivity index (χ1) is 9.16.